The van der Waals surface area contributed by atoms with E-state index in [4.69, 9.17) is 4.74 Å². The fraction of sp³-hybridized carbons (Fsp3) is 0.333. The number of esters is 1. The molecule has 0 aliphatic carbocycles. The minimum atomic E-state index is -0.318. The van der Waals surface area contributed by atoms with Gasteiger partial charge in [0.25, 0.3) is 0 Å². The minimum Gasteiger partial charge on any atom is -0.465 e. The number of carbonyl (C=O) groups is 1. The zero-order valence-corrected chi connectivity index (χ0v) is 14.7. The highest BCUT2D eigenvalue weighted by molar-refractivity contribution is 5.89. The Morgan fingerprint density at radius 3 is 2.73 bits per heavy atom. The molecule has 3 heterocycles. The molecule has 0 bridgehead atoms. The summed E-state index contributed by atoms with van der Waals surface area (Å²) in [6.07, 6.45) is 3.20. The summed E-state index contributed by atoms with van der Waals surface area (Å²) in [6, 6.07) is 7.80. The number of methoxy groups -OCH3 is 1. The van der Waals surface area contributed by atoms with Crippen LogP contribution in [0.2, 0.25) is 0 Å². The summed E-state index contributed by atoms with van der Waals surface area (Å²) >= 11 is 0. The Bertz CT molecular complexity index is 923. The molecule has 0 saturated carbocycles. The molecule has 2 aromatic heterocycles. The maximum atomic E-state index is 11.6. The van der Waals surface area contributed by atoms with E-state index in [1.165, 1.54) is 7.11 Å². The van der Waals surface area contributed by atoms with Crippen molar-refractivity contribution in [3.8, 4) is 0 Å². The molecule has 0 amide bonds. The number of nitrogens with one attached hydrogen (secondary N) is 1. The van der Waals surface area contributed by atoms with Crippen molar-refractivity contribution in [3.05, 3.63) is 42.5 Å². The zero-order chi connectivity index (χ0) is 18.1. The van der Waals surface area contributed by atoms with E-state index in [-0.39, 0.29) is 12.0 Å². The molecule has 134 valence electrons. The van der Waals surface area contributed by atoms with Gasteiger partial charge in [-0.05, 0) is 31.2 Å². The summed E-state index contributed by atoms with van der Waals surface area (Å²) in [4.78, 5) is 32.2. The molecule has 26 heavy (non-hydrogen) atoms. The predicted octanol–water partition coefficient (Wildman–Crippen LogP) is 1.85. The van der Waals surface area contributed by atoms with E-state index in [1.54, 1.807) is 24.8 Å². The Hall–Kier alpha value is -3.16. The van der Waals surface area contributed by atoms with Gasteiger partial charge < -0.3 is 19.5 Å². The van der Waals surface area contributed by atoms with Crippen molar-refractivity contribution in [2.45, 2.75) is 13.0 Å². The first-order valence-electron chi connectivity index (χ1n) is 8.51. The van der Waals surface area contributed by atoms with Crippen molar-refractivity contribution < 1.29 is 9.53 Å². The lowest BCUT2D eigenvalue weighted by atomic mass is 10.1. The second kappa shape index (κ2) is 6.62. The maximum absolute atomic E-state index is 11.6. The lowest BCUT2D eigenvalue weighted by Crippen LogP contribution is -2.52. The number of fused-ring (bicyclic) bond motifs is 1. The molecule has 8 heteroatoms. The molecule has 0 radical (unpaired) electrons. The molecule has 8 nitrogen and oxygen atoms in total. The average Bonchev–Trinajstić information content (AvgIpc) is 3.16. The first-order valence-corrected chi connectivity index (χ1v) is 8.51. The van der Waals surface area contributed by atoms with E-state index < -0.39 is 0 Å². The zero-order valence-electron chi connectivity index (χ0n) is 14.7. The molecule has 0 spiro atoms. The Balaban J connectivity index is 1.52. The highest BCUT2D eigenvalue weighted by atomic mass is 16.5. The Labute approximate surface area is 150 Å². The number of rotatable bonds is 3. The van der Waals surface area contributed by atoms with Crippen LogP contribution in [-0.4, -0.2) is 58.7 Å². The van der Waals surface area contributed by atoms with E-state index in [0.29, 0.717) is 11.2 Å². The second-order valence-electron chi connectivity index (χ2n) is 6.33. The number of imidazole rings is 1. The van der Waals surface area contributed by atoms with Crippen LogP contribution in [0.5, 0.6) is 0 Å². The van der Waals surface area contributed by atoms with Gasteiger partial charge in [0, 0.05) is 31.4 Å². The largest absolute Gasteiger partial charge is 0.465 e. The lowest BCUT2D eigenvalue weighted by molar-refractivity contribution is 0.0601. The lowest BCUT2D eigenvalue weighted by Gasteiger charge is -2.41. The van der Waals surface area contributed by atoms with Gasteiger partial charge in [-0.3, -0.25) is 0 Å². The summed E-state index contributed by atoms with van der Waals surface area (Å²) in [7, 11) is 1.39. The number of H-pyrrole nitrogens is 1. The van der Waals surface area contributed by atoms with Crippen LogP contribution >= 0.6 is 0 Å². The molecular weight excluding hydrogens is 332 g/mol. The molecule has 1 saturated heterocycles. The standard InChI is InChI=1S/C18H20N6O2/c1-12-9-23(14-5-3-13(4-6-14)18(25)26-2)7-8-24(12)17-15-16(20-10-19-15)21-11-22-17/h3-6,10-12H,7-9H2,1-2H3,(H,19,20,21,22)/t12-/m1/s1. The van der Waals surface area contributed by atoms with Crippen LogP contribution < -0.4 is 9.80 Å². The van der Waals surface area contributed by atoms with Gasteiger partial charge in [0.2, 0.25) is 0 Å². The SMILES string of the molecule is COC(=O)c1ccc(N2CCN(c3ncnc4nc[nH]c34)[C@H](C)C2)cc1. The van der Waals surface area contributed by atoms with Crippen molar-refractivity contribution in [1.82, 2.24) is 19.9 Å². The van der Waals surface area contributed by atoms with Crippen molar-refractivity contribution in [2.24, 2.45) is 0 Å². The number of piperazine rings is 1. The molecule has 0 unspecified atom stereocenters. The molecule has 1 aromatic carbocycles. The van der Waals surface area contributed by atoms with Crippen molar-refractivity contribution >= 4 is 28.6 Å². The van der Waals surface area contributed by atoms with Crippen LogP contribution in [0.25, 0.3) is 11.2 Å². The molecule has 1 aliphatic rings. The third-order valence-corrected chi connectivity index (χ3v) is 4.76. The van der Waals surface area contributed by atoms with Gasteiger partial charge in [0.05, 0.1) is 19.0 Å². The summed E-state index contributed by atoms with van der Waals surface area (Å²) in [5, 5.41) is 0. The number of hydrogen-bond donors (Lipinski definition) is 1. The van der Waals surface area contributed by atoms with E-state index in [2.05, 4.69) is 36.7 Å². The third kappa shape index (κ3) is 2.83. The number of aromatic amines is 1. The summed E-state index contributed by atoms with van der Waals surface area (Å²) in [5.74, 6) is 0.572. The normalized spacial score (nSPS) is 17.5. The monoisotopic (exact) mass is 352 g/mol. The number of benzene rings is 1. The van der Waals surface area contributed by atoms with Crippen molar-refractivity contribution in [1.29, 1.82) is 0 Å². The second-order valence-corrected chi connectivity index (χ2v) is 6.33. The fourth-order valence-corrected chi connectivity index (χ4v) is 3.40. The van der Waals surface area contributed by atoms with E-state index >= 15 is 0 Å². The van der Waals surface area contributed by atoms with Crippen LogP contribution in [0, 0.1) is 0 Å². The Morgan fingerprint density at radius 2 is 2.00 bits per heavy atom. The fourth-order valence-electron chi connectivity index (χ4n) is 3.40. The van der Waals surface area contributed by atoms with E-state index in [9.17, 15) is 4.79 Å². The van der Waals surface area contributed by atoms with Crippen LogP contribution in [0.4, 0.5) is 11.5 Å². The summed E-state index contributed by atoms with van der Waals surface area (Å²) in [6.45, 7) is 4.74. The first kappa shape index (κ1) is 16.3. The predicted molar refractivity (Wildman–Crippen MR) is 98.5 cm³/mol. The topological polar surface area (TPSA) is 87.2 Å². The Kier molecular flexibility index (Phi) is 4.16. The van der Waals surface area contributed by atoms with Crippen molar-refractivity contribution in [3.63, 3.8) is 0 Å². The van der Waals surface area contributed by atoms with Crippen molar-refractivity contribution in [2.75, 3.05) is 36.5 Å². The van der Waals surface area contributed by atoms with Gasteiger partial charge in [-0.2, -0.15) is 0 Å². The highest BCUT2D eigenvalue weighted by Crippen LogP contribution is 2.26. The number of ether oxygens (including phenoxy) is 1. The molecule has 1 fully saturated rings. The van der Waals surface area contributed by atoms with E-state index in [1.807, 2.05) is 12.1 Å². The number of aromatic nitrogens is 4. The molecule has 1 aliphatic heterocycles. The number of hydrogen-bond acceptors (Lipinski definition) is 7. The minimum absolute atomic E-state index is 0.269. The van der Waals surface area contributed by atoms with E-state index in [0.717, 1.165) is 36.7 Å². The number of anilines is 2. The van der Waals surface area contributed by atoms with Gasteiger partial charge in [0.15, 0.2) is 11.5 Å². The van der Waals surface area contributed by atoms with Gasteiger partial charge >= 0.3 is 5.97 Å². The van der Waals surface area contributed by atoms with Gasteiger partial charge in [-0.15, -0.1) is 0 Å². The number of nitrogens with zero attached hydrogens (tertiary/aromatic N) is 5. The smallest absolute Gasteiger partial charge is 0.337 e. The number of carbonyl (C=O) groups excluding carboxylic acids is 1. The first-order chi connectivity index (χ1) is 12.7. The van der Waals surface area contributed by atoms with Crippen LogP contribution in [-0.2, 0) is 4.74 Å². The Morgan fingerprint density at radius 1 is 1.19 bits per heavy atom. The average molecular weight is 352 g/mol. The van der Waals surface area contributed by atoms with Crippen LogP contribution in [0.3, 0.4) is 0 Å². The van der Waals surface area contributed by atoms with Gasteiger partial charge in [-0.1, -0.05) is 0 Å². The molecular formula is C18H20N6O2. The molecule has 1 atom stereocenters. The summed E-state index contributed by atoms with van der Waals surface area (Å²) in [5.41, 5.74) is 3.21. The molecule has 3 aromatic rings. The van der Waals surface area contributed by atoms with Crippen LogP contribution in [0.15, 0.2) is 36.9 Å². The third-order valence-electron chi connectivity index (χ3n) is 4.76. The van der Waals surface area contributed by atoms with Gasteiger partial charge in [0.1, 0.15) is 11.8 Å². The summed E-state index contributed by atoms with van der Waals surface area (Å²) < 4.78 is 4.75. The molecule has 4 rings (SSSR count). The molecule has 1 N–H and O–H groups in total. The quantitative estimate of drug-likeness (QED) is 0.720. The highest BCUT2D eigenvalue weighted by Gasteiger charge is 2.27. The maximum Gasteiger partial charge on any atom is 0.337 e. The van der Waals surface area contributed by atoms with Gasteiger partial charge in [-0.25, -0.2) is 19.7 Å². The van der Waals surface area contributed by atoms with Crippen LogP contribution in [0.1, 0.15) is 17.3 Å².